The Labute approximate surface area is 71.7 Å². The van der Waals surface area contributed by atoms with Gasteiger partial charge in [0.15, 0.2) is 0 Å². The van der Waals surface area contributed by atoms with E-state index in [9.17, 15) is 0 Å². The summed E-state index contributed by atoms with van der Waals surface area (Å²) in [7, 11) is 0. The van der Waals surface area contributed by atoms with Crippen molar-refractivity contribution >= 4 is 0 Å². The van der Waals surface area contributed by atoms with Crippen molar-refractivity contribution in [1.29, 1.82) is 0 Å². The Hall–Kier alpha value is 1.83. The molecule has 0 unspecified atom stereocenters. The zero-order chi connectivity index (χ0) is 0. The molecule has 0 aromatic carbocycles. The van der Waals surface area contributed by atoms with E-state index in [0.717, 1.165) is 0 Å². The number of halogens is 3. The van der Waals surface area contributed by atoms with E-state index >= 15 is 0 Å². The molecular formula is Cl3NaO. The van der Waals surface area contributed by atoms with Gasteiger partial charge in [0.1, 0.15) is 0 Å². The SMILES string of the molecule is [Cl-].[Cl-].[Cl-].[Na+].[O+2]. The van der Waals surface area contributed by atoms with Gasteiger partial charge in [-0.15, -0.1) is 0 Å². The Morgan fingerprint density at radius 3 is 0.600 bits per heavy atom. The molecule has 5 heavy (non-hydrogen) atoms. The molecule has 0 heterocycles. The Morgan fingerprint density at radius 2 is 0.600 bits per heavy atom. The average molecular weight is 145 g/mol. The minimum atomic E-state index is 0. The second kappa shape index (κ2) is 40.6. The molecule has 0 aromatic heterocycles. The van der Waals surface area contributed by atoms with Crippen LogP contribution in [0.4, 0.5) is 0 Å². The number of hydrogen-bond acceptors (Lipinski definition) is 0. The van der Waals surface area contributed by atoms with Crippen LogP contribution in [0, 0.1) is 0 Å². The van der Waals surface area contributed by atoms with Crippen LogP contribution in [0.1, 0.15) is 0 Å². The van der Waals surface area contributed by atoms with E-state index in [1.165, 1.54) is 0 Å². The second-order valence-electron chi connectivity index (χ2n) is 0. The molecule has 4 radical (unpaired) electrons. The fraction of sp³-hybridized carbons (Fsp3) is 0. The third-order valence-corrected chi connectivity index (χ3v) is 0. The van der Waals surface area contributed by atoms with Gasteiger partial charge in [-0.3, -0.25) is 0 Å². The van der Waals surface area contributed by atoms with Gasteiger partial charge in [-0.25, -0.2) is 0 Å². The first-order valence-corrected chi connectivity index (χ1v) is 0. The summed E-state index contributed by atoms with van der Waals surface area (Å²) in [4.78, 5) is 0. The van der Waals surface area contributed by atoms with Crippen LogP contribution in [-0.4, -0.2) is 0 Å². The second-order valence-corrected chi connectivity index (χ2v) is 0. The molecule has 0 aliphatic rings. The van der Waals surface area contributed by atoms with Gasteiger partial charge in [-0.1, -0.05) is 0 Å². The predicted molar refractivity (Wildman–Crippen MR) is 0.686 cm³/mol. The van der Waals surface area contributed by atoms with Crippen LogP contribution in [0.5, 0.6) is 0 Å². The van der Waals surface area contributed by atoms with Gasteiger partial charge in [0.05, 0.1) is 0 Å². The molecule has 0 bridgehead atoms. The van der Waals surface area contributed by atoms with Crippen LogP contribution in [-0.2, 0) is 5.48 Å². The van der Waals surface area contributed by atoms with E-state index in [-0.39, 0.29) is 72.3 Å². The normalized spacial score (nSPS) is 0. The molecule has 0 saturated heterocycles. The maximum absolute atomic E-state index is 0. The van der Waals surface area contributed by atoms with Crippen molar-refractivity contribution in [3.63, 3.8) is 0 Å². The Bertz CT molecular complexity index is 6.85. The summed E-state index contributed by atoms with van der Waals surface area (Å²) in [5, 5.41) is 0. The van der Waals surface area contributed by atoms with Crippen LogP contribution in [0.2, 0.25) is 0 Å². The molecule has 0 rings (SSSR count). The third-order valence-electron chi connectivity index (χ3n) is 0. The Morgan fingerprint density at radius 1 is 0.600 bits per heavy atom. The van der Waals surface area contributed by atoms with Crippen molar-refractivity contribution in [3.05, 3.63) is 0 Å². The fourth-order valence-corrected chi connectivity index (χ4v) is 0. The Balaban J connectivity index is 0. The van der Waals surface area contributed by atoms with Crippen molar-refractivity contribution in [3.8, 4) is 0 Å². The Kier molecular flexibility index (Phi) is 563. The van der Waals surface area contributed by atoms with Crippen LogP contribution < -0.4 is 66.8 Å². The molecule has 0 spiro atoms. The summed E-state index contributed by atoms with van der Waals surface area (Å²) >= 11 is 0. The summed E-state index contributed by atoms with van der Waals surface area (Å²) in [5.74, 6) is 0. The predicted octanol–water partition coefficient (Wildman–Crippen LogP) is -12.1. The molecule has 0 aromatic rings. The quantitative estimate of drug-likeness (QED) is 0.303. The van der Waals surface area contributed by atoms with E-state index in [0.29, 0.717) is 0 Å². The van der Waals surface area contributed by atoms with E-state index in [2.05, 4.69) is 0 Å². The molecule has 0 atom stereocenters. The van der Waals surface area contributed by atoms with Gasteiger partial charge >= 0.3 is 35.0 Å². The van der Waals surface area contributed by atoms with Crippen LogP contribution >= 0.6 is 0 Å². The van der Waals surface area contributed by atoms with Crippen LogP contribution in [0.15, 0.2) is 0 Å². The summed E-state index contributed by atoms with van der Waals surface area (Å²) in [6, 6.07) is 0. The maximum Gasteiger partial charge on any atom is 2.00 e. The first-order chi connectivity index (χ1) is 0. The molecule has 0 amide bonds. The molecular weight excluding hydrogens is 145 g/mol. The maximum atomic E-state index is 0. The summed E-state index contributed by atoms with van der Waals surface area (Å²) in [6.45, 7) is 0. The molecule has 0 saturated carbocycles. The number of hydrogen-bond donors (Lipinski definition) is 0. The van der Waals surface area contributed by atoms with Gasteiger partial charge in [0.2, 0.25) is 0 Å². The summed E-state index contributed by atoms with van der Waals surface area (Å²) < 4.78 is 0. The van der Waals surface area contributed by atoms with Crippen molar-refractivity contribution in [1.82, 2.24) is 0 Å². The van der Waals surface area contributed by atoms with E-state index in [1.54, 1.807) is 0 Å². The van der Waals surface area contributed by atoms with Gasteiger partial charge < -0.3 is 37.2 Å². The topological polar surface area (TPSA) is 28.5 Å². The monoisotopic (exact) mass is 144 g/mol. The average Bonchev–Trinajstić information content (AvgIpc) is 0. The zero-order valence-electron chi connectivity index (χ0n) is 2.54. The van der Waals surface area contributed by atoms with Crippen molar-refractivity contribution in [2.75, 3.05) is 0 Å². The van der Waals surface area contributed by atoms with Gasteiger partial charge in [0, 0.05) is 0 Å². The summed E-state index contributed by atoms with van der Waals surface area (Å²) in [5.41, 5.74) is 0. The van der Waals surface area contributed by atoms with Gasteiger partial charge in [-0.05, 0) is 0 Å². The van der Waals surface area contributed by atoms with Crippen molar-refractivity contribution < 1.29 is 72.3 Å². The molecule has 0 N–H and O–H groups in total. The van der Waals surface area contributed by atoms with E-state index in [1.807, 2.05) is 0 Å². The molecule has 1 nitrogen and oxygen atoms in total. The van der Waals surface area contributed by atoms with Crippen LogP contribution in [0.3, 0.4) is 0 Å². The minimum absolute atomic E-state index is 0. The zero-order valence-corrected chi connectivity index (χ0v) is 6.81. The van der Waals surface area contributed by atoms with Gasteiger partial charge in [0.25, 0.3) is 0 Å². The number of rotatable bonds is 0. The van der Waals surface area contributed by atoms with Crippen molar-refractivity contribution in [2.24, 2.45) is 0 Å². The molecule has 0 aliphatic carbocycles. The van der Waals surface area contributed by atoms with Crippen molar-refractivity contribution in [2.45, 2.75) is 0 Å². The van der Waals surface area contributed by atoms with E-state index in [4.69, 9.17) is 0 Å². The van der Waals surface area contributed by atoms with Gasteiger partial charge in [-0.2, -0.15) is 0 Å². The molecule has 0 aliphatic heterocycles. The standard InChI is InChI=1S/3ClH.Na.O/h3*1H;;/q;;;+1;+2/p-3. The van der Waals surface area contributed by atoms with E-state index < -0.39 is 0 Å². The first kappa shape index (κ1) is 69.3. The smallest absolute Gasteiger partial charge is 1.00 e. The molecule has 5 heteroatoms. The first-order valence-electron chi connectivity index (χ1n) is 0. The summed E-state index contributed by atoms with van der Waals surface area (Å²) in [6.07, 6.45) is 0. The third kappa shape index (κ3) is 25.5. The fourth-order valence-electron chi connectivity index (χ4n) is 0. The minimum Gasteiger partial charge on any atom is -1.00 e. The molecule has 0 fully saturated rings. The van der Waals surface area contributed by atoms with Crippen LogP contribution in [0.25, 0.3) is 0 Å². The molecule has 28 valence electrons. The largest absolute Gasteiger partial charge is 2.00 e.